The number of benzene rings is 2. The fourth-order valence-electron chi connectivity index (χ4n) is 3.49. The van der Waals surface area contributed by atoms with Gasteiger partial charge in [-0.2, -0.15) is 0 Å². The molecule has 0 aliphatic heterocycles. The molecule has 4 rings (SSSR count). The van der Waals surface area contributed by atoms with Gasteiger partial charge in [-0.3, -0.25) is 19.3 Å². The Bertz CT molecular complexity index is 1390. The summed E-state index contributed by atoms with van der Waals surface area (Å²) in [5, 5.41) is 11.1. The largest absolute Gasteiger partial charge is 0.497 e. The van der Waals surface area contributed by atoms with E-state index in [1.54, 1.807) is 32.2 Å². The van der Waals surface area contributed by atoms with E-state index in [-0.39, 0.29) is 29.1 Å². The van der Waals surface area contributed by atoms with Crippen molar-refractivity contribution in [1.82, 2.24) is 9.38 Å². The molecule has 0 aliphatic rings. The van der Waals surface area contributed by atoms with E-state index in [4.69, 9.17) is 9.47 Å². The zero-order chi connectivity index (χ0) is 23.5. The number of rotatable bonds is 7. The molecule has 2 aromatic heterocycles. The third-order valence-corrected chi connectivity index (χ3v) is 5.07. The van der Waals surface area contributed by atoms with E-state index in [0.717, 1.165) is 5.56 Å². The highest BCUT2D eigenvalue weighted by Crippen LogP contribution is 2.27. The van der Waals surface area contributed by atoms with Crippen molar-refractivity contribution in [1.29, 1.82) is 0 Å². The minimum atomic E-state index is -0.587. The Labute approximate surface area is 188 Å². The van der Waals surface area contributed by atoms with Crippen LogP contribution in [0.4, 0.5) is 5.69 Å². The van der Waals surface area contributed by atoms with Crippen LogP contribution in [-0.4, -0.2) is 39.8 Å². The zero-order valence-electron chi connectivity index (χ0n) is 17.8. The number of esters is 1. The monoisotopic (exact) mass is 445 g/mol. The molecular formula is C24H19N3O6. The molecule has 0 N–H and O–H groups in total. The predicted molar refractivity (Wildman–Crippen MR) is 120 cm³/mol. The van der Waals surface area contributed by atoms with Gasteiger partial charge in [0.05, 0.1) is 41.1 Å². The van der Waals surface area contributed by atoms with Crippen molar-refractivity contribution < 1.29 is 24.0 Å². The van der Waals surface area contributed by atoms with Crippen LogP contribution in [0.25, 0.3) is 16.8 Å². The molecule has 0 saturated heterocycles. The number of hydrogen-bond donors (Lipinski definition) is 0. The van der Waals surface area contributed by atoms with E-state index in [2.05, 4.69) is 4.98 Å². The second-order valence-electron chi connectivity index (χ2n) is 7.06. The number of methoxy groups -OCH3 is 1. The van der Waals surface area contributed by atoms with E-state index in [1.807, 2.05) is 12.1 Å². The molecule has 0 amide bonds. The van der Waals surface area contributed by atoms with Gasteiger partial charge in [0.25, 0.3) is 5.69 Å². The van der Waals surface area contributed by atoms with Gasteiger partial charge in [0.2, 0.25) is 5.78 Å². The lowest BCUT2D eigenvalue weighted by molar-refractivity contribution is -0.384. The maximum Gasteiger partial charge on any atom is 0.340 e. The van der Waals surface area contributed by atoms with Crippen molar-refractivity contribution in [3.8, 4) is 17.0 Å². The fraction of sp³-hybridized carbons (Fsp3) is 0.125. The number of ether oxygens (including phenoxy) is 2. The van der Waals surface area contributed by atoms with Crippen molar-refractivity contribution in [3.63, 3.8) is 0 Å². The molecule has 0 bridgehead atoms. The molecule has 2 aromatic carbocycles. The number of nitro benzene ring substituents is 1. The Kier molecular flexibility index (Phi) is 5.86. The topological polar surface area (TPSA) is 113 Å². The van der Waals surface area contributed by atoms with E-state index in [1.165, 1.54) is 41.1 Å². The Morgan fingerprint density at radius 1 is 1.09 bits per heavy atom. The van der Waals surface area contributed by atoms with Gasteiger partial charge in [-0.1, -0.05) is 24.3 Å². The van der Waals surface area contributed by atoms with E-state index < -0.39 is 16.7 Å². The predicted octanol–water partition coefficient (Wildman–Crippen LogP) is 4.33. The number of ketones is 1. The summed E-state index contributed by atoms with van der Waals surface area (Å²) in [5.74, 6) is -0.423. The highest BCUT2D eigenvalue weighted by Gasteiger charge is 2.23. The summed E-state index contributed by atoms with van der Waals surface area (Å²) < 4.78 is 11.9. The average molecular weight is 445 g/mol. The second kappa shape index (κ2) is 8.91. The molecule has 0 spiro atoms. The van der Waals surface area contributed by atoms with Gasteiger partial charge >= 0.3 is 5.97 Å². The molecule has 9 heteroatoms. The van der Waals surface area contributed by atoms with E-state index in [0.29, 0.717) is 17.0 Å². The van der Waals surface area contributed by atoms with Crippen LogP contribution >= 0.6 is 0 Å². The summed E-state index contributed by atoms with van der Waals surface area (Å²) in [6.07, 6.45) is 1.44. The summed E-state index contributed by atoms with van der Waals surface area (Å²) >= 11 is 0. The second-order valence-corrected chi connectivity index (χ2v) is 7.06. The standard InChI is InChI=1S/C24H19N3O6/c1-3-33-24(29)19-12-22(23(28)16-7-4-8-17(10-16)27(30)31)26-14-25-20(13-21(19)26)15-6-5-9-18(11-15)32-2/h4-14H,3H2,1-2H3. The minimum absolute atomic E-state index is 0.121. The Hall–Kier alpha value is -4.53. The van der Waals surface area contributed by atoms with Crippen LogP contribution in [0.3, 0.4) is 0 Å². The molecule has 33 heavy (non-hydrogen) atoms. The van der Waals surface area contributed by atoms with Crippen LogP contribution in [0.5, 0.6) is 5.75 Å². The Morgan fingerprint density at radius 2 is 1.88 bits per heavy atom. The summed E-state index contributed by atoms with van der Waals surface area (Å²) in [7, 11) is 1.56. The number of non-ortho nitro benzene ring substituents is 1. The van der Waals surface area contributed by atoms with Gasteiger partial charge in [0.1, 0.15) is 12.1 Å². The van der Waals surface area contributed by atoms with E-state index >= 15 is 0 Å². The number of aromatic nitrogens is 2. The quantitative estimate of drug-likeness (QED) is 0.180. The van der Waals surface area contributed by atoms with Gasteiger partial charge in [-0.25, -0.2) is 9.78 Å². The Morgan fingerprint density at radius 3 is 2.61 bits per heavy atom. The SMILES string of the molecule is CCOC(=O)c1cc(C(=O)c2cccc([N+](=O)[O-])c2)n2cnc(-c3cccc(OC)c3)cc12. The summed E-state index contributed by atoms with van der Waals surface area (Å²) in [4.78, 5) is 40.9. The minimum Gasteiger partial charge on any atom is -0.497 e. The first-order valence-electron chi connectivity index (χ1n) is 10.0. The molecule has 0 radical (unpaired) electrons. The maximum atomic E-state index is 13.2. The van der Waals surface area contributed by atoms with Crippen LogP contribution in [-0.2, 0) is 4.74 Å². The van der Waals surface area contributed by atoms with Crippen LogP contribution < -0.4 is 4.74 Å². The Balaban J connectivity index is 1.87. The zero-order valence-corrected chi connectivity index (χ0v) is 17.8. The summed E-state index contributed by atoms with van der Waals surface area (Å²) in [5.41, 5.74) is 2.01. The first-order chi connectivity index (χ1) is 15.9. The van der Waals surface area contributed by atoms with Crippen LogP contribution in [0.1, 0.15) is 33.3 Å². The number of nitro groups is 1. The van der Waals surface area contributed by atoms with Gasteiger partial charge in [-0.15, -0.1) is 0 Å². The van der Waals surface area contributed by atoms with Gasteiger partial charge in [0.15, 0.2) is 0 Å². The number of fused-ring (bicyclic) bond motifs is 1. The normalized spacial score (nSPS) is 10.7. The van der Waals surface area contributed by atoms with Crippen molar-refractivity contribution in [2.75, 3.05) is 13.7 Å². The molecule has 0 atom stereocenters. The van der Waals surface area contributed by atoms with Gasteiger partial charge in [0, 0.05) is 23.3 Å². The summed E-state index contributed by atoms with van der Waals surface area (Å²) in [6.45, 7) is 1.85. The fourth-order valence-corrected chi connectivity index (χ4v) is 3.49. The van der Waals surface area contributed by atoms with Crippen molar-refractivity contribution in [2.24, 2.45) is 0 Å². The van der Waals surface area contributed by atoms with Gasteiger partial charge < -0.3 is 9.47 Å². The third-order valence-electron chi connectivity index (χ3n) is 5.07. The number of nitrogens with zero attached hydrogens (tertiary/aromatic N) is 3. The van der Waals surface area contributed by atoms with Crippen LogP contribution in [0.2, 0.25) is 0 Å². The maximum absolute atomic E-state index is 13.2. The molecule has 2 heterocycles. The van der Waals surface area contributed by atoms with Crippen molar-refractivity contribution >= 4 is 23.0 Å². The molecule has 9 nitrogen and oxygen atoms in total. The van der Waals surface area contributed by atoms with Crippen molar-refractivity contribution in [2.45, 2.75) is 6.92 Å². The lowest BCUT2D eigenvalue weighted by Crippen LogP contribution is -2.06. The van der Waals surface area contributed by atoms with Crippen LogP contribution in [0, 0.1) is 10.1 Å². The van der Waals surface area contributed by atoms with E-state index in [9.17, 15) is 19.7 Å². The third kappa shape index (κ3) is 4.16. The first kappa shape index (κ1) is 21.7. The number of carbonyl (C=O) groups excluding carboxylic acids is 2. The smallest absolute Gasteiger partial charge is 0.340 e. The van der Waals surface area contributed by atoms with Gasteiger partial charge in [-0.05, 0) is 31.2 Å². The molecule has 0 saturated carbocycles. The molecule has 166 valence electrons. The van der Waals surface area contributed by atoms with Crippen LogP contribution in [0.15, 0.2) is 67.0 Å². The first-order valence-corrected chi connectivity index (χ1v) is 10.0. The molecule has 4 aromatic rings. The molecule has 0 fully saturated rings. The highest BCUT2D eigenvalue weighted by atomic mass is 16.6. The lowest BCUT2D eigenvalue weighted by atomic mass is 10.1. The lowest BCUT2D eigenvalue weighted by Gasteiger charge is -2.07. The number of hydrogen-bond acceptors (Lipinski definition) is 7. The van der Waals surface area contributed by atoms with Crippen molar-refractivity contribution in [3.05, 3.63) is 93.9 Å². The summed E-state index contributed by atoms with van der Waals surface area (Å²) in [6, 6.07) is 15.8. The highest BCUT2D eigenvalue weighted by molar-refractivity contribution is 6.11. The molecule has 0 unspecified atom stereocenters. The molecular weight excluding hydrogens is 426 g/mol. The average Bonchev–Trinajstić information content (AvgIpc) is 3.23. The molecule has 0 aliphatic carbocycles. The number of carbonyl (C=O) groups is 2.